The quantitative estimate of drug-likeness (QED) is 0.762. The summed E-state index contributed by atoms with van der Waals surface area (Å²) in [5.41, 5.74) is 1.08. The molecule has 0 aliphatic heterocycles. The van der Waals surface area contributed by atoms with E-state index >= 15 is 0 Å². The Morgan fingerprint density at radius 2 is 1.62 bits per heavy atom. The average molecular weight is 363 g/mol. The molecule has 1 aromatic carbocycles. The molecule has 0 spiro atoms. The first-order chi connectivity index (χ1) is 11.5. The summed E-state index contributed by atoms with van der Waals surface area (Å²) >= 11 is 11.2. The molecule has 0 unspecified atom stereocenters. The highest BCUT2D eigenvalue weighted by atomic mass is 35.5. The van der Waals surface area contributed by atoms with Gasteiger partial charge in [-0.2, -0.15) is 0 Å². The smallest absolute Gasteiger partial charge is 0.226 e. The normalized spacial score (nSPS) is 33.3. The van der Waals surface area contributed by atoms with Gasteiger partial charge >= 0.3 is 0 Å². The lowest BCUT2D eigenvalue weighted by Crippen LogP contribution is -2.48. The van der Waals surface area contributed by atoms with Crippen LogP contribution in [0.15, 0.2) is 24.3 Å². The van der Waals surface area contributed by atoms with Gasteiger partial charge in [0.1, 0.15) is 0 Å². The third kappa shape index (κ3) is 3.45. The molecule has 4 saturated carbocycles. The third-order valence-electron chi connectivity index (χ3n) is 6.06. The Bertz CT molecular complexity index is 623. The monoisotopic (exact) mass is 362 g/mol. The Hall–Kier alpha value is -1.13. The largest absolute Gasteiger partial charge is 0.332 e. The highest BCUT2D eigenvalue weighted by Crippen LogP contribution is 2.61. The molecule has 0 saturated heterocycles. The molecule has 2 N–H and O–H groups in total. The maximum atomic E-state index is 12.5. The van der Waals surface area contributed by atoms with Crippen LogP contribution in [-0.2, 0) is 4.79 Å². The highest BCUT2D eigenvalue weighted by Gasteiger charge is 2.51. The fraction of sp³-hybridized carbons (Fsp3) is 0.579. The van der Waals surface area contributed by atoms with E-state index in [1.165, 1.54) is 38.5 Å². The number of carbonyl (C=O) groups is 1. The number of carbonyl (C=O) groups excluding carboxylic acids is 1. The van der Waals surface area contributed by atoms with Crippen LogP contribution in [0.3, 0.4) is 0 Å². The number of amides is 1. The molecule has 1 amide bonds. The van der Waals surface area contributed by atoms with E-state index in [1.807, 2.05) is 12.1 Å². The molecule has 0 radical (unpaired) electrons. The van der Waals surface area contributed by atoms with Crippen molar-refractivity contribution in [1.82, 2.24) is 5.32 Å². The van der Waals surface area contributed by atoms with E-state index in [4.69, 9.17) is 23.8 Å². The first kappa shape index (κ1) is 16.3. The second-order valence-corrected chi connectivity index (χ2v) is 8.95. The Kier molecular flexibility index (Phi) is 4.29. The summed E-state index contributed by atoms with van der Waals surface area (Å²) in [6.45, 7) is 0. The lowest BCUT2D eigenvalue weighted by Gasteiger charge is -2.56. The van der Waals surface area contributed by atoms with Crippen LogP contribution in [0.2, 0.25) is 5.02 Å². The van der Waals surface area contributed by atoms with Gasteiger partial charge in [-0.1, -0.05) is 11.6 Å². The predicted molar refractivity (Wildman–Crippen MR) is 101 cm³/mol. The Morgan fingerprint density at radius 1 is 1.08 bits per heavy atom. The van der Waals surface area contributed by atoms with Crippen LogP contribution in [0.25, 0.3) is 0 Å². The molecule has 5 heteroatoms. The van der Waals surface area contributed by atoms with E-state index in [1.54, 1.807) is 12.1 Å². The zero-order chi connectivity index (χ0) is 16.7. The van der Waals surface area contributed by atoms with Gasteiger partial charge in [0, 0.05) is 17.1 Å². The molecule has 24 heavy (non-hydrogen) atoms. The Balaban J connectivity index is 1.33. The SMILES string of the molecule is O=C(CC12CC3CC(CC(C3)C1)C2)NC(=S)Nc1ccc(Cl)cc1. The van der Waals surface area contributed by atoms with Crippen LogP contribution in [0.5, 0.6) is 0 Å². The van der Waals surface area contributed by atoms with E-state index in [0.29, 0.717) is 16.6 Å². The zero-order valence-corrected chi connectivity index (χ0v) is 15.3. The van der Waals surface area contributed by atoms with Crippen molar-refractivity contribution in [2.45, 2.75) is 44.9 Å². The molecule has 3 nitrogen and oxygen atoms in total. The predicted octanol–water partition coefficient (Wildman–Crippen LogP) is 4.76. The number of hydrogen-bond donors (Lipinski definition) is 2. The molecule has 4 aliphatic rings. The van der Waals surface area contributed by atoms with Gasteiger partial charge in [-0.15, -0.1) is 0 Å². The fourth-order valence-corrected chi connectivity index (χ4v) is 6.07. The Labute approximate surface area is 153 Å². The molecule has 1 aromatic rings. The van der Waals surface area contributed by atoms with Crippen molar-refractivity contribution in [3.05, 3.63) is 29.3 Å². The third-order valence-corrected chi connectivity index (χ3v) is 6.51. The number of halogens is 1. The van der Waals surface area contributed by atoms with Crippen LogP contribution in [0.4, 0.5) is 5.69 Å². The molecule has 0 atom stereocenters. The summed E-state index contributed by atoms with van der Waals surface area (Å²) < 4.78 is 0. The van der Waals surface area contributed by atoms with Crippen molar-refractivity contribution < 1.29 is 4.79 Å². The van der Waals surface area contributed by atoms with Crippen molar-refractivity contribution >= 4 is 40.5 Å². The summed E-state index contributed by atoms with van der Waals surface area (Å²) in [7, 11) is 0. The van der Waals surface area contributed by atoms with Crippen LogP contribution >= 0.6 is 23.8 Å². The number of thiocarbonyl (C=S) groups is 1. The lowest BCUT2D eigenvalue weighted by molar-refractivity contribution is -0.127. The van der Waals surface area contributed by atoms with E-state index in [9.17, 15) is 4.79 Å². The maximum Gasteiger partial charge on any atom is 0.226 e. The van der Waals surface area contributed by atoms with Gasteiger partial charge < -0.3 is 10.6 Å². The second kappa shape index (κ2) is 6.30. The number of rotatable bonds is 3. The topological polar surface area (TPSA) is 41.1 Å². The van der Waals surface area contributed by atoms with Crippen molar-refractivity contribution in [2.75, 3.05) is 5.32 Å². The van der Waals surface area contributed by atoms with Gasteiger partial charge in [-0.3, -0.25) is 4.79 Å². The van der Waals surface area contributed by atoms with E-state index in [0.717, 1.165) is 23.4 Å². The first-order valence-corrected chi connectivity index (χ1v) is 9.65. The highest BCUT2D eigenvalue weighted by molar-refractivity contribution is 7.80. The molecule has 4 fully saturated rings. The summed E-state index contributed by atoms with van der Waals surface area (Å²) in [5.74, 6) is 2.65. The van der Waals surface area contributed by atoms with Gasteiger partial charge in [0.05, 0.1) is 0 Å². The minimum Gasteiger partial charge on any atom is -0.332 e. The number of benzene rings is 1. The summed E-state index contributed by atoms with van der Waals surface area (Å²) in [6, 6.07) is 7.28. The Morgan fingerprint density at radius 3 is 2.17 bits per heavy atom. The molecular formula is C19H23ClN2OS. The molecular weight excluding hydrogens is 340 g/mol. The van der Waals surface area contributed by atoms with Gasteiger partial charge in [-0.25, -0.2) is 0 Å². The summed E-state index contributed by atoms with van der Waals surface area (Å²) in [4.78, 5) is 12.5. The molecule has 4 bridgehead atoms. The molecule has 5 rings (SSSR count). The fourth-order valence-electron chi connectivity index (χ4n) is 5.71. The second-order valence-electron chi connectivity index (χ2n) is 8.10. The molecule has 128 valence electrons. The average Bonchev–Trinajstić information content (AvgIpc) is 2.47. The van der Waals surface area contributed by atoms with Crippen molar-refractivity contribution in [1.29, 1.82) is 0 Å². The van der Waals surface area contributed by atoms with Gasteiger partial charge in [0.15, 0.2) is 5.11 Å². The standard InChI is InChI=1S/C19H23ClN2OS/c20-15-1-3-16(4-2-15)21-18(24)22-17(23)11-19-8-12-5-13(9-19)7-14(6-12)10-19/h1-4,12-14H,5-11H2,(H2,21,22,23,24). The molecule has 0 heterocycles. The van der Waals surface area contributed by atoms with Crippen LogP contribution in [-0.4, -0.2) is 11.0 Å². The van der Waals surface area contributed by atoms with Crippen molar-refractivity contribution in [3.63, 3.8) is 0 Å². The van der Waals surface area contributed by atoms with Gasteiger partial charge in [0.25, 0.3) is 0 Å². The minimum atomic E-state index is 0.0587. The number of anilines is 1. The number of nitrogens with one attached hydrogen (secondary N) is 2. The lowest BCUT2D eigenvalue weighted by atomic mass is 9.49. The summed E-state index contributed by atoms with van der Waals surface area (Å²) in [6.07, 6.45) is 8.54. The van der Waals surface area contributed by atoms with Crippen LogP contribution in [0, 0.1) is 23.2 Å². The number of hydrogen-bond acceptors (Lipinski definition) is 2. The van der Waals surface area contributed by atoms with Crippen LogP contribution < -0.4 is 10.6 Å². The van der Waals surface area contributed by atoms with E-state index in [2.05, 4.69) is 10.6 Å². The van der Waals surface area contributed by atoms with Crippen LogP contribution in [0.1, 0.15) is 44.9 Å². The molecule has 0 aromatic heterocycles. The molecule has 4 aliphatic carbocycles. The van der Waals surface area contributed by atoms with Gasteiger partial charge in [0.2, 0.25) is 5.91 Å². The van der Waals surface area contributed by atoms with E-state index < -0.39 is 0 Å². The summed E-state index contributed by atoms with van der Waals surface area (Å²) in [5, 5.41) is 6.96. The first-order valence-electron chi connectivity index (χ1n) is 8.86. The van der Waals surface area contributed by atoms with Gasteiger partial charge in [-0.05, 0) is 98.2 Å². The minimum absolute atomic E-state index is 0.0587. The van der Waals surface area contributed by atoms with E-state index in [-0.39, 0.29) is 11.3 Å². The maximum absolute atomic E-state index is 12.5. The van der Waals surface area contributed by atoms with Crippen molar-refractivity contribution in [2.24, 2.45) is 23.2 Å². The van der Waals surface area contributed by atoms with Crippen molar-refractivity contribution in [3.8, 4) is 0 Å². The zero-order valence-electron chi connectivity index (χ0n) is 13.7.